The van der Waals surface area contributed by atoms with Gasteiger partial charge in [0.2, 0.25) is 0 Å². The summed E-state index contributed by atoms with van der Waals surface area (Å²) in [7, 11) is 0. The number of fused-ring (bicyclic) bond motifs is 1. The van der Waals surface area contributed by atoms with Crippen LogP contribution >= 0.6 is 0 Å². The minimum Gasteiger partial charge on any atom is -0.0991 e. The zero-order valence-electron chi connectivity index (χ0n) is 11.2. The molecule has 0 aliphatic heterocycles. The topological polar surface area (TPSA) is 0 Å². The highest BCUT2D eigenvalue weighted by Crippen LogP contribution is 2.29. The minimum absolute atomic E-state index is 1.04. The summed E-state index contributed by atoms with van der Waals surface area (Å²) in [5.74, 6) is 0. The third kappa shape index (κ3) is 3.20. The van der Waals surface area contributed by atoms with Crippen LogP contribution in [0.15, 0.2) is 60.2 Å². The van der Waals surface area contributed by atoms with Crippen molar-refractivity contribution in [3.05, 3.63) is 71.3 Å². The Morgan fingerprint density at radius 1 is 1.00 bits per heavy atom. The Hall–Kier alpha value is -1.56. The molecule has 0 amide bonds. The Morgan fingerprint density at radius 3 is 2.00 bits per heavy atom. The largest absolute Gasteiger partial charge is 0.0991 e. The predicted octanol–water partition coefficient (Wildman–Crippen LogP) is 4.87. The Morgan fingerprint density at radius 2 is 1.53 bits per heavy atom. The molecular formula is C17H22. The van der Waals surface area contributed by atoms with Crippen LogP contribution in [0.3, 0.4) is 0 Å². The first-order valence-electron chi connectivity index (χ1n) is 6.39. The van der Waals surface area contributed by atoms with Crippen molar-refractivity contribution in [1.29, 1.82) is 0 Å². The van der Waals surface area contributed by atoms with E-state index in [1.165, 1.54) is 22.3 Å². The molecule has 0 bridgehead atoms. The number of hydrogen-bond acceptors (Lipinski definition) is 0. The van der Waals surface area contributed by atoms with Crippen LogP contribution in [0.25, 0.3) is 0 Å². The van der Waals surface area contributed by atoms with E-state index >= 15 is 0 Å². The van der Waals surface area contributed by atoms with Crippen LogP contribution in [0.5, 0.6) is 0 Å². The molecule has 90 valence electrons. The highest BCUT2D eigenvalue weighted by molar-refractivity contribution is 5.48. The number of allylic oxidation sites excluding steroid dienone is 5. The van der Waals surface area contributed by atoms with Gasteiger partial charge in [0.15, 0.2) is 0 Å². The second-order valence-electron chi connectivity index (χ2n) is 3.86. The molecule has 0 aromatic heterocycles. The van der Waals surface area contributed by atoms with Gasteiger partial charge in [0.25, 0.3) is 0 Å². The molecule has 1 aliphatic carbocycles. The van der Waals surface area contributed by atoms with Crippen molar-refractivity contribution in [3.63, 3.8) is 0 Å². The summed E-state index contributed by atoms with van der Waals surface area (Å²) >= 11 is 0. The van der Waals surface area contributed by atoms with Crippen molar-refractivity contribution in [2.45, 2.75) is 33.6 Å². The van der Waals surface area contributed by atoms with Gasteiger partial charge in [0, 0.05) is 0 Å². The zero-order chi connectivity index (χ0) is 12.7. The van der Waals surface area contributed by atoms with Crippen molar-refractivity contribution in [1.82, 2.24) is 0 Å². The predicted molar refractivity (Wildman–Crippen MR) is 77.2 cm³/mol. The molecule has 0 heterocycles. The Kier molecular flexibility index (Phi) is 5.48. The van der Waals surface area contributed by atoms with Crippen LogP contribution < -0.4 is 0 Å². The molecule has 0 radical (unpaired) electrons. The molecule has 0 saturated heterocycles. The average molecular weight is 226 g/mol. The number of rotatable bonds is 1. The fourth-order valence-corrected chi connectivity index (χ4v) is 2.14. The van der Waals surface area contributed by atoms with Crippen molar-refractivity contribution in [2.75, 3.05) is 0 Å². The van der Waals surface area contributed by atoms with Crippen molar-refractivity contribution >= 4 is 0 Å². The summed E-state index contributed by atoms with van der Waals surface area (Å²) in [6.07, 6.45) is 8.33. The summed E-state index contributed by atoms with van der Waals surface area (Å²) in [4.78, 5) is 0. The van der Waals surface area contributed by atoms with E-state index in [0.717, 1.165) is 12.8 Å². The lowest BCUT2D eigenvalue weighted by Crippen LogP contribution is -2.08. The highest BCUT2D eigenvalue weighted by Gasteiger charge is 2.15. The number of hydrogen-bond donors (Lipinski definition) is 0. The second kappa shape index (κ2) is 6.90. The maximum absolute atomic E-state index is 3.78. The maximum Gasteiger partial charge on any atom is -0.00202 e. The van der Waals surface area contributed by atoms with Gasteiger partial charge >= 0.3 is 0 Å². The van der Waals surface area contributed by atoms with Gasteiger partial charge in [-0.15, -0.1) is 0 Å². The molecule has 0 heteroatoms. The third-order valence-electron chi connectivity index (χ3n) is 2.96. The van der Waals surface area contributed by atoms with E-state index in [2.05, 4.69) is 49.9 Å². The van der Waals surface area contributed by atoms with Crippen LogP contribution in [-0.4, -0.2) is 0 Å². The second-order valence-corrected chi connectivity index (χ2v) is 3.86. The Balaban J connectivity index is 0.000000686. The van der Waals surface area contributed by atoms with Crippen molar-refractivity contribution < 1.29 is 0 Å². The molecule has 0 fully saturated rings. The molecule has 1 aromatic rings. The summed E-state index contributed by atoms with van der Waals surface area (Å²) in [6, 6.07) is 8.68. The summed E-state index contributed by atoms with van der Waals surface area (Å²) in [6.45, 7) is 9.89. The molecule has 0 spiro atoms. The van der Waals surface area contributed by atoms with E-state index in [4.69, 9.17) is 0 Å². The number of benzene rings is 1. The molecule has 0 atom stereocenters. The van der Waals surface area contributed by atoms with E-state index < -0.39 is 0 Å². The molecule has 2 rings (SSSR count). The van der Waals surface area contributed by atoms with Crippen LogP contribution in [0.1, 0.15) is 31.9 Å². The summed E-state index contributed by atoms with van der Waals surface area (Å²) in [5, 5.41) is 0. The first kappa shape index (κ1) is 13.5. The van der Waals surface area contributed by atoms with Gasteiger partial charge in [-0.25, -0.2) is 0 Å². The fraction of sp³-hybridized carbons (Fsp3) is 0.294. The van der Waals surface area contributed by atoms with E-state index in [0.29, 0.717) is 0 Å². The SMILES string of the molecule is C=C/C=C1/Cc2ccccc2C/C1=C/C.CC. The Bertz CT molecular complexity index is 433. The van der Waals surface area contributed by atoms with Crippen molar-refractivity contribution in [2.24, 2.45) is 0 Å². The first-order valence-corrected chi connectivity index (χ1v) is 6.39. The van der Waals surface area contributed by atoms with Gasteiger partial charge in [0.1, 0.15) is 0 Å². The molecular weight excluding hydrogens is 204 g/mol. The quantitative estimate of drug-likeness (QED) is 0.641. The van der Waals surface area contributed by atoms with Crippen LogP contribution in [0, 0.1) is 0 Å². The van der Waals surface area contributed by atoms with Gasteiger partial charge in [-0.2, -0.15) is 0 Å². The summed E-state index contributed by atoms with van der Waals surface area (Å²) < 4.78 is 0. The molecule has 0 nitrogen and oxygen atoms in total. The van der Waals surface area contributed by atoms with Crippen LogP contribution in [-0.2, 0) is 12.8 Å². The van der Waals surface area contributed by atoms with Gasteiger partial charge in [-0.05, 0) is 42.0 Å². The normalized spacial score (nSPS) is 18.3. The van der Waals surface area contributed by atoms with E-state index in [9.17, 15) is 0 Å². The van der Waals surface area contributed by atoms with E-state index in [1.807, 2.05) is 19.9 Å². The molecule has 1 aliphatic rings. The maximum atomic E-state index is 3.78. The molecule has 1 aromatic carbocycles. The molecule has 17 heavy (non-hydrogen) atoms. The van der Waals surface area contributed by atoms with E-state index in [-0.39, 0.29) is 0 Å². The van der Waals surface area contributed by atoms with Crippen molar-refractivity contribution in [3.8, 4) is 0 Å². The van der Waals surface area contributed by atoms with Crippen LogP contribution in [0.2, 0.25) is 0 Å². The lowest BCUT2D eigenvalue weighted by molar-refractivity contribution is 0.980. The molecule has 0 N–H and O–H groups in total. The van der Waals surface area contributed by atoms with Crippen LogP contribution in [0.4, 0.5) is 0 Å². The molecule has 0 unspecified atom stereocenters. The lowest BCUT2D eigenvalue weighted by Gasteiger charge is -2.21. The fourth-order valence-electron chi connectivity index (χ4n) is 2.14. The highest BCUT2D eigenvalue weighted by atomic mass is 14.2. The molecule has 0 saturated carbocycles. The lowest BCUT2D eigenvalue weighted by atomic mass is 9.84. The summed E-state index contributed by atoms with van der Waals surface area (Å²) in [5.41, 5.74) is 5.77. The van der Waals surface area contributed by atoms with Gasteiger partial charge < -0.3 is 0 Å². The first-order chi connectivity index (χ1) is 8.35. The van der Waals surface area contributed by atoms with E-state index in [1.54, 1.807) is 0 Å². The zero-order valence-corrected chi connectivity index (χ0v) is 11.2. The minimum atomic E-state index is 1.04. The van der Waals surface area contributed by atoms with Gasteiger partial charge in [-0.1, -0.05) is 62.9 Å². The van der Waals surface area contributed by atoms with Gasteiger partial charge in [0.05, 0.1) is 0 Å². The smallest absolute Gasteiger partial charge is 0.00202 e. The third-order valence-corrected chi connectivity index (χ3v) is 2.96. The Labute approximate surface area is 105 Å². The average Bonchev–Trinajstić information content (AvgIpc) is 2.40. The standard InChI is InChI=1S/C15H16.C2H6/c1-3-7-13-11-15-9-6-5-8-14(15)10-12(13)4-2;1-2/h3-9H,1,10-11H2,2H3;1-2H3/b12-4-,13-7-;. The monoisotopic (exact) mass is 226 g/mol. The van der Waals surface area contributed by atoms with Gasteiger partial charge in [-0.3, -0.25) is 0 Å².